The van der Waals surface area contributed by atoms with E-state index in [1.165, 1.54) is 5.56 Å². The predicted octanol–water partition coefficient (Wildman–Crippen LogP) is 2.65. The molecule has 0 saturated carbocycles. The van der Waals surface area contributed by atoms with Crippen molar-refractivity contribution < 1.29 is 10.0 Å². The maximum absolute atomic E-state index is 12.1. The highest BCUT2D eigenvalue weighted by Gasteiger charge is 2.07. The highest BCUT2D eigenvalue weighted by Crippen LogP contribution is 2.15. The molecule has 0 radical (unpaired) electrons. The molecule has 5 nitrogen and oxygen atoms in total. The Labute approximate surface area is 123 Å². The van der Waals surface area contributed by atoms with Crippen LogP contribution in [0.4, 0.5) is 5.69 Å². The molecular weight excluding hydrogens is 266 g/mol. The van der Waals surface area contributed by atoms with Gasteiger partial charge in [-0.2, -0.15) is 0 Å². The van der Waals surface area contributed by atoms with E-state index in [4.69, 9.17) is 10.9 Å². The minimum atomic E-state index is -0.204. The monoisotopic (exact) mass is 283 g/mol. The van der Waals surface area contributed by atoms with E-state index >= 15 is 0 Å². The van der Waals surface area contributed by atoms with E-state index in [1.54, 1.807) is 24.3 Å². The molecule has 0 aliphatic heterocycles. The number of nitrogens with two attached hydrogens (primary N) is 1. The lowest BCUT2D eigenvalue weighted by atomic mass is 10.1. The normalized spacial score (nSPS) is 11.2. The van der Waals surface area contributed by atoms with Crippen LogP contribution in [0.1, 0.15) is 27.0 Å². The van der Waals surface area contributed by atoms with Gasteiger partial charge in [0, 0.05) is 16.8 Å². The SMILES string of the molecule is Cc1ccc(NC(=O)c2ccc(/C(N)=N/O)cc2)cc1C. The van der Waals surface area contributed by atoms with Gasteiger partial charge >= 0.3 is 0 Å². The van der Waals surface area contributed by atoms with Crippen molar-refractivity contribution in [2.75, 3.05) is 5.32 Å². The number of hydrogen-bond donors (Lipinski definition) is 3. The van der Waals surface area contributed by atoms with Gasteiger partial charge < -0.3 is 16.3 Å². The zero-order valence-corrected chi connectivity index (χ0v) is 11.9. The number of aryl methyl sites for hydroxylation is 2. The molecule has 0 aromatic heterocycles. The van der Waals surface area contributed by atoms with Gasteiger partial charge in [-0.15, -0.1) is 0 Å². The van der Waals surface area contributed by atoms with Crippen LogP contribution in [0.2, 0.25) is 0 Å². The van der Waals surface area contributed by atoms with E-state index in [0.717, 1.165) is 11.3 Å². The van der Waals surface area contributed by atoms with Crippen LogP contribution in [-0.4, -0.2) is 17.0 Å². The number of carbonyl (C=O) groups excluding carboxylic acids is 1. The summed E-state index contributed by atoms with van der Waals surface area (Å²) in [5.74, 6) is -0.194. The first-order chi connectivity index (χ1) is 10.0. The fourth-order valence-corrected chi connectivity index (χ4v) is 1.87. The molecule has 2 aromatic rings. The molecule has 5 heteroatoms. The van der Waals surface area contributed by atoms with Crippen LogP contribution in [0.15, 0.2) is 47.6 Å². The standard InChI is InChI=1S/C16H17N3O2/c1-10-3-8-14(9-11(10)2)18-16(20)13-6-4-12(5-7-13)15(17)19-21/h3-9,21H,1-2H3,(H2,17,19)(H,18,20). The zero-order chi connectivity index (χ0) is 15.4. The van der Waals surface area contributed by atoms with Crippen LogP contribution < -0.4 is 11.1 Å². The van der Waals surface area contributed by atoms with E-state index in [0.29, 0.717) is 11.1 Å². The number of hydrogen-bond acceptors (Lipinski definition) is 3. The highest BCUT2D eigenvalue weighted by molar-refractivity contribution is 6.05. The van der Waals surface area contributed by atoms with Gasteiger partial charge in [0.05, 0.1) is 0 Å². The fourth-order valence-electron chi connectivity index (χ4n) is 1.87. The van der Waals surface area contributed by atoms with Crippen molar-refractivity contribution in [2.24, 2.45) is 10.9 Å². The third kappa shape index (κ3) is 3.39. The minimum Gasteiger partial charge on any atom is -0.409 e. The topological polar surface area (TPSA) is 87.7 Å². The molecule has 0 heterocycles. The average Bonchev–Trinajstić information content (AvgIpc) is 2.50. The molecule has 0 fully saturated rings. The van der Waals surface area contributed by atoms with Gasteiger partial charge in [0.1, 0.15) is 0 Å². The Kier molecular flexibility index (Phi) is 4.23. The number of anilines is 1. The number of amidine groups is 1. The molecule has 21 heavy (non-hydrogen) atoms. The van der Waals surface area contributed by atoms with Crippen LogP contribution in [0, 0.1) is 13.8 Å². The largest absolute Gasteiger partial charge is 0.409 e. The van der Waals surface area contributed by atoms with Crippen molar-refractivity contribution in [3.8, 4) is 0 Å². The molecule has 4 N–H and O–H groups in total. The molecule has 2 rings (SSSR count). The highest BCUT2D eigenvalue weighted by atomic mass is 16.4. The molecule has 0 unspecified atom stereocenters. The molecule has 0 saturated heterocycles. The Hall–Kier alpha value is -2.82. The summed E-state index contributed by atoms with van der Waals surface area (Å²) < 4.78 is 0. The summed E-state index contributed by atoms with van der Waals surface area (Å²) in [7, 11) is 0. The molecule has 108 valence electrons. The molecule has 2 aromatic carbocycles. The van der Waals surface area contributed by atoms with Crippen LogP contribution in [0.3, 0.4) is 0 Å². The van der Waals surface area contributed by atoms with Gasteiger partial charge in [-0.1, -0.05) is 23.4 Å². The summed E-state index contributed by atoms with van der Waals surface area (Å²) in [6.45, 7) is 4.02. The Morgan fingerprint density at radius 2 is 1.67 bits per heavy atom. The summed E-state index contributed by atoms with van der Waals surface area (Å²) in [6.07, 6.45) is 0. The molecule has 1 amide bonds. The quantitative estimate of drug-likeness (QED) is 0.350. The smallest absolute Gasteiger partial charge is 0.255 e. The van der Waals surface area contributed by atoms with Crippen LogP contribution in [0.5, 0.6) is 0 Å². The summed E-state index contributed by atoms with van der Waals surface area (Å²) in [6, 6.07) is 12.3. The molecule has 0 atom stereocenters. The van der Waals surface area contributed by atoms with Crippen molar-refractivity contribution in [1.29, 1.82) is 0 Å². The van der Waals surface area contributed by atoms with Crippen molar-refractivity contribution in [2.45, 2.75) is 13.8 Å². The van der Waals surface area contributed by atoms with Gasteiger partial charge in [0.2, 0.25) is 0 Å². The van der Waals surface area contributed by atoms with Gasteiger partial charge in [-0.05, 0) is 49.2 Å². The Morgan fingerprint density at radius 1 is 1.05 bits per heavy atom. The first kappa shape index (κ1) is 14.6. The second-order valence-corrected chi connectivity index (χ2v) is 4.82. The summed E-state index contributed by atoms with van der Waals surface area (Å²) in [4.78, 5) is 12.1. The van der Waals surface area contributed by atoms with Crippen LogP contribution in [0.25, 0.3) is 0 Å². The maximum Gasteiger partial charge on any atom is 0.255 e. The lowest BCUT2D eigenvalue weighted by Gasteiger charge is -2.08. The molecular formula is C16H17N3O2. The Bertz CT molecular complexity index is 691. The number of carbonyl (C=O) groups is 1. The number of rotatable bonds is 3. The number of benzene rings is 2. The summed E-state index contributed by atoms with van der Waals surface area (Å²) in [5.41, 5.74) is 9.58. The molecule has 0 aliphatic carbocycles. The van der Waals surface area contributed by atoms with Crippen molar-refractivity contribution in [3.63, 3.8) is 0 Å². The summed E-state index contributed by atoms with van der Waals surface area (Å²) >= 11 is 0. The molecule has 0 aliphatic rings. The number of amides is 1. The van der Waals surface area contributed by atoms with Crippen molar-refractivity contribution in [1.82, 2.24) is 0 Å². The van der Waals surface area contributed by atoms with E-state index in [2.05, 4.69) is 10.5 Å². The van der Waals surface area contributed by atoms with Crippen molar-refractivity contribution >= 4 is 17.4 Å². The summed E-state index contributed by atoms with van der Waals surface area (Å²) in [5, 5.41) is 14.3. The van der Waals surface area contributed by atoms with E-state index < -0.39 is 0 Å². The van der Waals surface area contributed by atoms with Crippen molar-refractivity contribution in [3.05, 3.63) is 64.7 Å². The van der Waals surface area contributed by atoms with Gasteiger partial charge in [-0.3, -0.25) is 4.79 Å². The van der Waals surface area contributed by atoms with Gasteiger partial charge in [0.25, 0.3) is 5.91 Å². The van der Waals surface area contributed by atoms with E-state index in [9.17, 15) is 4.79 Å². The second kappa shape index (κ2) is 6.09. The zero-order valence-electron chi connectivity index (χ0n) is 11.9. The Balaban J connectivity index is 2.14. The van der Waals surface area contributed by atoms with Gasteiger partial charge in [-0.25, -0.2) is 0 Å². The average molecular weight is 283 g/mol. The Morgan fingerprint density at radius 3 is 2.24 bits per heavy atom. The van der Waals surface area contributed by atoms with E-state index in [1.807, 2.05) is 32.0 Å². The lowest BCUT2D eigenvalue weighted by Crippen LogP contribution is -2.15. The van der Waals surface area contributed by atoms with E-state index in [-0.39, 0.29) is 11.7 Å². The van der Waals surface area contributed by atoms with Crippen LogP contribution >= 0.6 is 0 Å². The molecule has 0 bridgehead atoms. The third-order valence-corrected chi connectivity index (χ3v) is 3.32. The number of oxime groups is 1. The first-order valence-corrected chi connectivity index (χ1v) is 6.48. The minimum absolute atomic E-state index is 0.0103. The lowest BCUT2D eigenvalue weighted by molar-refractivity contribution is 0.102. The predicted molar refractivity (Wildman–Crippen MR) is 82.8 cm³/mol. The fraction of sp³-hybridized carbons (Fsp3) is 0.125. The number of nitrogens with one attached hydrogen (secondary N) is 1. The third-order valence-electron chi connectivity index (χ3n) is 3.32. The first-order valence-electron chi connectivity index (χ1n) is 6.48. The number of nitrogens with zero attached hydrogens (tertiary/aromatic N) is 1. The second-order valence-electron chi connectivity index (χ2n) is 4.82. The molecule has 0 spiro atoms. The van der Waals surface area contributed by atoms with Gasteiger partial charge in [0.15, 0.2) is 5.84 Å². The maximum atomic E-state index is 12.1. The van der Waals surface area contributed by atoms with Crippen LogP contribution in [-0.2, 0) is 0 Å².